The highest BCUT2D eigenvalue weighted by molar-refractivity contribution is 5.78. The zero-order valence-electron chi connectivity index (χ0n) is 7.89. The van der Waals surface area contributed by atoms with Crippen LogP contribution in [0.5, 0.6) is 0 Å². The third-order valence-corrected chi connectivity index (χ3v) is 1.54. The molecule has 0 spiro atoms. The average molecular weight is 191 g/mol. The molecule has 1 aromatic heterocycles. The normalized spacial score (nSPS) is 10.1. The summed E-state index contributed by atoms with van der Waals surface area (Å²) < 4.78 is 1.71. The maximum Gasteiger partial charge on any atom is 0.331 e. The molecule has 0 N–H and O–H groups in total. The molecule has 0 fully saturated rings. The van der Waals surface area contributed by atoms with Crippen LogP contribution in [-0.2, 0) is 16.7 Å². The number of hydrogen-bond donors (Lipinski definition) is 0. The van der Waals surface area contributed by atoms with Gasteiger partial charge in [0, 0.05) is 20.2 Å². The lowest BCUT2D eigenvalue weighted by molar-refractivity contribution is -0.140. The number of oxime groups is 1. The first-order valence-electron chi connectivity index (χ1n) is 3.91. The predicted molar refractivity (Wildman–Crippen MR) is 49.5 cm³/mol. The maximum atomic E-state index is 10.4. The molecule has 0 amide bonds. The molecular weight excluding hydrogens is 182 g/mol. The van der Waals surface area contributed by atoms with E-state index in [-0.39, 0.29) is 0 Å². The first-order valence-corrected chi connectivity index (χ1v) is 3.91. The van der Waals surface area contributed by atoms with Crippen LogP contribution in [-0.4, -0.2) is 16.8 Å². The first kappa shape index (κ1) is 9.99. The molecule has 0 saturated carbocycles. The lowest BCUT2D eigenvalue weighted by Crippen LogP contribution is -1.95. The van der Waals surface area contributed by atoms with Crippen LogP contribution in [0.4, 0.5) is 0 Å². The predicted octanol–water partition coefficient (Wildman–Crippen LogP) is 0.794. The Morgan fingerprint density at radius 3 is 3.00 bits per heavy atom. The van der Waals surface area contributed by atoms with Gasteiger partial charge in [0.15, 0.2) is 0 Å². The van der Waals surface area contributed by atoms with Crippen molar-refractivity contribution in [2.24, 2.45) is 12.2 Å². The second-order valence-electron chi connectivity index (χ2n) is 2.69. The number of nitrogens with zero attached hydrogens (tertiary/aromatic N) is 3. The average Bonchev–Trinajstić information content (AvgIpc) is 2.47. The fourth-order valence-electron chi connectivity index (χ4n) is 0.926. The summed E-state index contributed by atoms with van der Waals surface area (Å²) in [5.74, 6) is -0.476. The molecule has 0 bridgehead atoms. The Morgan fingerprint density at radius 2 is 2.50 bits per heavy atom. The number of nitriles is 1. The molecular formula is C9H9N3O2. The Hall–Kier alpha value is -2.09. The molecule has 1 heterocycles. The topological polar surface area (TPSA) is 67.4 Å². The van der Waals surface area contributed by atoms with E-state index >= 15 is 0 Å². The monoisotopic (exact) mass is 191 g/mol. The van der Waals surface area contributed by atoms with Crippen LogP contribution >= 0.6 is 0 Å². The van der Waals surface area contributed by atoms with Crippen LogP contribution in [0.3, 0.4) is 0 Å². The maximum absolute atomic E-state index is 10.4. The number of aromatic nitrogens is 1. The third kappa shape index (κ3) is 2.45. The molecule has 14 heavy (non-hydrogen) atoms. The Labute approximate surface area is 81.2 Å². The van der Waals surface area contributed by atoms with Crippen molar-refractivity contribution in [1.29, 1.82) is 5.26 Å². The van der Waals surface area contributed by atoms with E-state index in [1.54, 1.807) is 23.9 Å². The van der Waals surface area contributed by atoms with Crippen molar-refractivity contribution in [1.82, 2.24) is 4.57 Å². The van der Waals surface area contributed by atoms with Gasteiger partial charge in [-0.3, -0.25) is 0 Å². The lowest BCUT2D eigenvalue weighted by atomic mass is 10.3. The fourth-order valence-corrected chi connectivity index (χ4v) is 0.926. The van der Waals surface area contributed by atoms with Gasteiger partial charge in [-0.15, -0.1) is 0 Å². The Kier molecular flexibility index (Phi) is 3.02. The van der Waals surface area contributed by atoms with E-state index in [9.17, 15) is 4.79 Å². The van der Waals surface area contributed by atoms with Crippen molar-refractivity contribution in [2.45, 2.75) is 6.92 Å². The van der Waals surface area contributed by atoms with Crippen LogP contribution in [0, 0.1) is 11.3 Å². The number of hydrogen-bond acceptors (Lipinski definition) is 4. The first-order chi connectivity index (χ1) is 6.63. The van der Waals surface area contributed by atoms with Crippen LogP contribution in [0.2, 0.25) is 0 Å². The molecule has 0 atom stereocenters. The van der Waals surface area contributed by atoms with Gasteiger partial charge >= 0.3 is 5.97 Å². The smallest absolute Gasteiger partial charge is 0.331 e. The Balaban J connectivity index is 2.77. The lowest BCUT2D eigenvalue weighted by Gasteiger charge is -1.93. The summed E-state index contributed by atoms with van der Waals surface area (Å²) in [7, 11) is 1.77. The van der Waals surface area contributed by atoms with Crippen molar-refractivity contribution in [3.05, 3.63) is 23.5 Å². The van der Waals surface area contributed by atoms with Gasteiger partial charge in [0.25, 0.3) is 0 Å². The molecule has 0 unspecified atom stereocenters. The van der Waals surface area contributed by atoms with Gasteiger partial charge in [-0.25, -0.2) is 4.79 Å². The van der Waals surface area contributed by atoms with Gasteiger partial charge in [0.05, 0.1) is 17.5 Å². The summed E-state index contributed by atoms with van der Waals surface area (Å²) in [5.41, 5.74) is 1.24. The zero-order valence-corrected chi connectivity index (χ0v) is 7.89. The molecule has 5 nitrogen and oxygen atoms in total. The molecule has 0 saturated heterocycles. The minimum Gasteiger partial charge on any atom is -0.348 e. The number of carbonyl (C=O) groups excluding carboxylic acids is 1. The molecule has 1 aromatic rings. The summed E-state index contributed by atoms with van der Waals surface area (Å²) in [6, 6.07) is 3.64. The minimum absolute atomic E-state index is 0.476. The number of rotatable bonds is 2. The summed E-state index contributed by atoms with van der Waals surface area (Å²) >= 11 is 0. The van der Waals surface area contributed by atoms with Crippen LogP contribution in [0.1, 0.15) is 18.2 Å². The van der Waals surface area contributed by atoms with Gasteiger partial charge in [-0.2, -0.15) is 5.26 Å². The molecule has 5 heteroatoms. The van der Waals surface area contributed by atoms with Gasteiger partial charge in [0.2, 0.25) is 0 Å². The Bertz CT molecular complexity index is 412. The van der Waals surface area contributed by atoms with E-state index in [2.05, 4.69) is 9.99 Å². The van der Waals surface area contributed by atoms with Crippen molar-refractivity contribution in [3.63, 3.8) is 0 Å². The second-order valence-corrected chi connectivity index (χ2v) is 2.69. The van der Waals surface area contributed by atoms with E-state index in [0.29, 0.717) is 11.3 Å². The summed E-state index contributed by atoms with van der Waals surface area (Å²) in [6.07, 6.45) is 3.04. The van der Waals surface area contributed by atoms with Crippen LogP contribution < -0.4 is 0 Å². The van der Waals surface area contributed by atoms with Crippen molar-refractivity contribution < 1.29 is 9.63 Å². The standard InChI is InChI=1S/C9H9N3O2/c1-7(13)14-11-5-9-3-8(4-10)6-12(9)2/h3,5-6H,1-2H3. The van der Waals surface area contributed by atoms with Gasteiger partial charge in [0.1, 0.15) is 6.07 Å². The highest BCUT2D eigenvalue weighted by Gasteiger charge is 1.99. The zero-order chi connectivity index (χ0) is 10.6. The number of carbonyl (C=O) groups is 1. The quantitative estimate of drug-likeness (QED) is 0.394. The molecule has 1 rings (SSSR count). The van der Waals surface area contributed by atoms with E-state index < -0.39 is 5.97 Å². The summed E-state index contributed by atoms with van der Waals surface area (Å²) in [5, 5.41) is 12.0. The van der Waals surface area contributed by atoms with E-state index in [4.69, 9.17) is 5.26 Å². The van der Waals surface area contributed by atoms with Crippen LogP contribution in [0.25, 0.3) is 0 Å². The van der Waals surface area contributed by atoms with E-state index in [0.717, 1.165) is 0 Å². The van der Waals surface area contributed by atoms with E-state index in [1.165, 1.54) is 13.1 Å². The molecule has 72 valence electrons. The van der Waals surface area contributed by atoms with Crippen LogP contribution in [0.15, 0.2) is 17.4 Å². The molecule has 0 radical (unpaired) electrons. The van der Waals surface area contributed by atoms with Gasteiger partial charge < -0.3 is 9.40 Å². The molecule has 0 aliphatic carbocycles. The summed E-state index contributed by atoms with van der Waals surface area (Å²) in [4.78, 5) is 14.8. The van der Waals surface area contributed by atoms with E-state index in [1.807, 2.05) is 6.07 Å². The highest BCUT2D eigenvalue weighted by atomic mass is 16.7. The molecule has 0 aliphatic heterocycles. The largest absolute Gasteiger partial charge is 0.348 e. The highest BCUT2D eigenvalue weighted by Crippen LogP contribution is 2.03. The fraction of sp³-hybridized carbons (Fsp3) is 0.222. The van der Waals surface area contributed by atoms with Gasteiger partial charge in [-0.05, 0) is 6.07 Å². The van der Waals surface area contributed by atoms with Crippen molar-refractivity contribution >= 4 is 12.2 Å². The van der Waals surface area contributed by atoms with Gasteiger partial charge in [-0.1, -0.05) is 5.16 Å². The Morgan fingerprint density at radius 1 is 1.79 bits per heavy atom. The SMILES string of the molecule is CC(=O)ON=Cc1cc(C#N)cn1C. The minimum atomic E-state index is -0.476. The third-order valence-electron chi connectivity index (χ3n) is 1.54. The van der Waals surface area contributed by atoms with Crippen molar-refractivity contribution in [2.75, 3.05) is 0 Å². The van der Waals surface area contributed by atoms with Crippen molar-refractivity contribution in [3.8, 4) is 6.07 Å². The summed E-state index contributed by atoms with van der Waals surface area (Å²) in [6.45, 7) is 1.27. The second kappa shape index (κ2) is 4.23. The molecule has 0 aromatic carbocycles. The number of aryl methyl sites for hydroxylation is 1. The molecule has 0 aliphatic rings.